The number of nitrogens with zero attached hydrogens (tertiary/aromatic N) is 4. The average molecular weight is 510 g/mol. The monoisotopic (exact) mass is 510 g/mol. The third-order valence-electron chi connectivity index (χ3n) is 5.45. The lowest BCUT2D eigenvalue weighted by Crippen LogP contribution is -2.37. The number of hydrogen-bond donors (Lipinski definition) is 0. The molecule has 190 valence electrons. The topological polar surface area (TPSA) is 97.9 Å². The second kappa shape index (κ2) is 10.6. The normalized spacial score (nSPS) is 14.4. The van der Waals surface area contributed by atoms with Gasteiger partial charge in [-0.15, -0.1) is 0 Å². The molecule has 0 saturated heterocycles. The number of alkyl halides is 3. The fraction of sp³-hybridized carbons (Fsp3) is 0.192. The molecule has 8 nitrogen and oxygen atoms in total. The van der Waals surface area contributed by atoms with Gasteiger partial charge in [-0.05, 0) is 43.3 Å². The molecule has 0 saturated carbocycles. The molecule has 3 heterocycles. The molecule has 0 aliphatic carbocycles. The van der Waals surface area contributed by atoms with Crippen LogP contribution >= 0.6 is 0 Å². The van der Waals surface area contributed by atoms with Gasteiger partial charge in [0.25, 0.3) is 5.91 Å². The van der Waals surface area contributed by atoms with Crippen LogP contribution in [0.15, 0.2) is 81.5 Å². The molecule has 4 rings (SSSR count). The van der Waals surface area contributed by atoms with Gasteiger partial charge in [0.1, 0.15) is 18.0 Å². The quantitative estimate of drug-likeness (QED) is 0.313. The minimum atomic E-state index is -4.64. The van der Waals surface area contributed by atoms with E-state index in [0.717, 1.165) is 23.9 Å². The van der Waals surface area contributed by atoms with Gasteiger partial charge < -0.3 is 9.15 Å². The molecular formula is C26H21F3N4O4. The maximum Gasteiger partial charge on any atom is 0.433 e. The number of anilines is 1. The number of carbonyl (C=O) groups excluding carboxylic acids is 2. The molecule has 0 radical (unpaired) electrons. The fourth-order valence-corrected chi connectivity index (χ4v) is 3.70. The molecule has 1 aliphatic heterocycles. The maximum atomic E-state index is 13.2. The predicted octanol–water partition coefficient (Wildman–Crippen LogP) is 5.38. The molecule has 37 heavy (non-hydrogen) atoms. The number of aromatic nitrogens is 2. The molecule has 3 aromatic rings. The summed E-state index contributed by atoms with van der Waals surface area (Å²) in [5, 5.41) is 0. The van der Waals surface area contributed by atoms with Crippen LogP contribution in [0.5, 0.6) is 0 Å². The van der Waals surface area contributed by atoms with Crippen molar-refractivity contribution in [3.63, 3.8) is 0 Å². The Labute approximate surface area is 209 Å². The summed E-state index contributed by atoms with van der Waals surface area (Å²) in [7, 11) is 0. The standard InChI is InChI=1S/C26H21F3N4O4/c1-3-7-17-12-13-33(24(34)20(17)30-2)22-21(18-10-11-19(31-14-18)26(27,28)29)37-23(32-22)25(35)36-15-16-8-5-4-6-9-16/h3-11,14H,2,12-13,15H2,1H3/b7-3-. The van der Waals surface area contributed by atoms with Crippen molar-refractivity contribution in [2.45, 2.75) is 26.1 Å². The van der Waals surface area contributed by atoms with Crippen molar-refractivity contribution in [1.29, 1.82) is 0 Å². The summed E-state index contributed by atoms with van der Waals surface area (Å²) in [6, 6.07) is 10.8. The van der Waals surface area contributed by atoms with E-state index in [1.807, 2.05) is 6.07 Å². The first-order chi connectivity index (χ1) is 17.7. The number of aliphatic imine (C=N–C) groups is 1. The van der Waals surface area contributed by atoms with E-state index >= 15 is 0 Å². The molecule has 0 N–H and O–H groups in total. The highest BCUT2D eigenvalue weighted by Crippen LogP contribution is 2.36. The highest BCUT2D eigenvalue weighted by atomic mass is 19.4. The Kier molecular flexibility index (Phi) is 7.32. The van der Waals surface area contributed by atoms with E-state index in [-0.39, 0.29) is 36.0 Å². The van der Waals surface area contributed by atoms with Crippen molar-refractivity contribution in [1.82, 2.24) is 9.97 Å². The minimum absolute atomic E-state index is 0.0584. The van der Waals surface area contributed by atoms with Crippen LogP contribution in [0.2, 0.25) is 0 Å². The summed E-state index contributed by atoms with van der Waals surface area (Å²) in [5.74, 6) is -2.11. The van der Waals surface area contributed by atoms with Crippen LogP contribution < -0.4 is 4.90 Å². The molecule has 1 amide bonds. The highest BCUT2D eigenvalue weighted by Gasteiger charge is 2.35. The van der Waals surface area contributed by atoms with Gasteiger partial charge in [-0.3, -0.25) is 19.7 Å². The van der Waals surface area contributed by atoms with Gasteiger partial charge in [-0.2, -0.15) is 18.2 Å². The van der Waals surface area contributed by atoms with Crippen LogP contribution in [0, 0.1) is 0 Å². The minimum Gasteiger partial charge on any atom is -0.454 e. The second-order valence-electron chi connectivity index (χ2n) is 7.90. The zero-order valence-electron chi connectivity index (χ0n) is 19.7. The number of esters is 1. The number of carbonyl (C=O) groups is 2. The van der Waals surface area contributed by atoms with E-state index in [1.54, 1.807) is 43.3 Å². The molecule has 2 aromatic heterocycles. The number of ether oxygens (including phenoxy) is 1. The Bertz CT molecular complexity index is 1380. The lowest BCUT2D eigenvalue weighted by atomic mass is 10.0. The Morgan fingerprint density at radius 3 is 2.62 bits per heavy atom. The summed E-state index contributed by atoms with van der Waals surface area (Å²) in [5.41, 5.74) is 0.469. The van der Waals surface area contributed by atoms with Crippen molar-refractivity contribution < 1.29 is 31.9 Å². The van der Waals surface area contributed by atoms with Crippen LogP contribution in [0.4, 0.5) is 19.0 Å². The molecule has 1 aromatic carbocycles. The fourth-order valence-electron chi connectivity index (χ4n) is 3.70. The van der Waals surface area contributed by atoms with Crippen LogP contribution in [-0.2, 0) is 22.3 Å². The number of hydrogen-bond acceptors (Lipinski definition) is 7. The highest BCUT2D eigenvalue weighted by molar-refractivity contribution is 6.08. The average Bonchev–Trinajstić information content (AvgIpc) is 3.33. The van der Waals surface area contributed by atoms with E-state index in [4.69, 9.17) is 9.15 Å². The van der Waals surface area contributed by atoms with Crippen molar-refractivity contribution >= 4 is 24.4 Å². The number of oxazole rings is 1. The van der Waals surface area contributed by atoms with Crippen LogP contribution in [-0.4, -0.2) is 35.1 Å². The third kappa shape index (κ3) is 5.50. The molecule has 0 fully saturated rings. The van der Waals surface area contributed by atoms with Gasteiger partial charge in [-0.1, -0.05) is 42.5 Å². The zero-order chi connectivity index (χ0) is 26.6. The molecule has 0 bridgehead atoms. The Hall–Kier alpha value is -4.54. The van der Waals surface area contributed by atoms with Gasteiger partial charge >= 0.3 is 18.0 Å². The number of pyridine rings is 1. The maximum absolute atomic E-state index is 13.2. The summed E-state index contributed by atoms with van der Waals surface area (Å²) in [6.07, 6.45) is 0.204. The third-order valence-corrected chi connectivity index (χ3v) is 5.45. The predicted molar refractivity (Wildman–Crippen MR) is 129 cm³/mol. The van der Waals surface area contributed by atoms with E-state index in [9.17, 15) is 22.8 Å². The Morgan fingerprint density at radius 2 is 2.00 bits per heavy atom. The number of allylic oxidation sites excluding steroid dienone is 2. The molecule has 0 atom stereocenters. The zero-order valence-corrected chi connectivity index (χ0v) is 19.7. The van der Waals surface area contributed by atoms with Crippen molar-refractivity contribution in [2.24, 2.45) is 4.99 Å². The number of halogens is 3. The van der Waals surface area contributed by atoms with Crippen molar-refractivity contribution in [3.8, 4) is 11.3 Å². The first-order valence-electron chi connectivity index (χ1n) is 11.1. The molecule has 11 heteroatoms. The van der Waals surface area contributed by atoms with E-state index in [2.05, 4.69) is 21.7 Å². The van der Waals surface area contributed by atoms with Gasteiger partial charge in [-0.25, -0.2) is 4.79 Å². The van der Waals surface area contributed by atoms with Crippen LogP contribution in [0.25, 0.3) is 11.3 Å². The molecule has 0 spiro atoms. The lowest BCUT2D eigenvalue weighted by Gasteiger charge is -2.26. The van der Waals surface area contributed by atoms with Crippen LogP contribution in [0.3, 0.4) is 0 Å². The Morgan fingerprint density at radius 1 is 1.24 bits per heavy atom. The van der Waals surface area contributed by atoms with Gasteiger partial charge in [0, 0.05) is 18.3 Å². The summed E-state index contributed by atoms with van der Waals surface area (Å²) >= 11 is 0. The van der Waals surface area contributed by atoms with Crippen molar-refractivity contribution in [3.05, 3.63) is 89.2 Å². The second-order valence-corrected chi connectivity index (χ2v) is 7.90. The number of amides is 1. The van der Waals surface area contributed by atoms with Gasteiger partial charge in [0.15, 0.2) is 11.6 Å². The summed E-state index contributed by atoms with van der Waals surface area (Å²) < 4.78 is 50.0. The summed E-state index contributed by atoms with van der Waals surface area (Å²) in [4.78, 5) is 38.7. The van der Waals surface area contributed by atoms with E-state index in [1.165, 1.54) is 4.90 Å². The van der Waals surface area contributed by atoms with Crippen molar-refractivity contribution in [2.75, 3.05) is 11.4 Å². The van der Waals surface area contributed by atoms with Gasteiger partial charge in [0.05, 0.1) is 0 Å². The molecule has 1 aliphatic rings. The van der Waals surface area contributed by atoms with E-state index in [0.29, 0.717) is 12.0 Å². The number of rotatable bonds is 7. The first kappa shape index (κ1) is 25.5. The Balaban J connectivity index is 1.72. The molecule has 0 unspecified atom stereocenters. The first-order valence-corrected chi connectivity index (χ1v) is 11.1. The lowest BCUT2D eigenvalue weighted by molar-refractivity contribution is -0.141. The van der Waals surface area contributed by atoms with Gasteiger partial charge in [0.2, 0.25) is 0 Å². The SMILES string of the molecule is C=NC1=C(/C=C\C)CCN(c2nc(C(=O)OCc3ccccc3)oc2-c2ccc(C(F)(F)F)nc2)C1=O. The molecular weight excluding hydrogens is 489 g/mol. The number of benzene rings is 1. The smallest absolute Gasteiger partial charge is 0.433 e. The van der Waals surface area contributed by atoms with E-state index < -0.39 is 29.6 Å². The van der Waals surface area contributed by atoms with Crippen LogP contribution in [0.1, 0.15) is 35.3 Å². The largest absolute Gasteiger partial charge is 0.454 e. The summed E-state index contributed by atoms with van der Waals surface area (Å²) in [6.45, 7) is 5.37.